The maximum atomic E-state index is 12.1. The van der Waals surface area contributed by atoms with E-state index in [9.17, 15) is 18.0 Å². The molecular weight excluding hydrogens is 490 g/mol. The van der Waals surface area contributed by atoms with Crippen molar-refractivity contribution in [2.24, 2.45) is 4.99 Å². The normalized spacial score (nSPS) is 16.4. The number of amides is 1. The third-order valence-electron chi connectivity index (χ3n) is 3.89. The average Bonchev–Trinajstić information content (AvgIpc) is 2.55. The lowest BCUT2D eigenvalue weighted by Gasteiger charge is -2.35. The minimum Gasteiger partial charge on any atom is -0.444 e. The van der Waals surface area contributed by atoms with Crippen LogP contribution in [0.4, 0.5) is 18.0 Å². The molecule has 1 heterocycles. The van der Waals surface area contributed by atoms with E-state index >= 15 is 0 Å². The first kappa shape index (κ1) is 27.0. The van der Waals surface area contributed by atoms with Gasteiger partial charge < -0.3 is 20.3 Å². The second kappa shape index (κ2) is 12.6. The van der Waals surface area contributed by atoms with E-state index in [1.807, 2.05) is 20.8 Å². The first-order chi connectivity index (χ1) is 12.5. The predicted octanol–water partition coefficient (Wildman–Crippen LogP) is 2.66. The van der Waals surface area contributed by atoms with Gasteiger partial charge in [-0.2, -0.15) is 13.2 Å². The quantitative estimate of drug-likeness (QED) is 0.243. The zero-order chi connectivity index (χ0) is 20.5. The molecule has 166 valence electrons. The van der Waals surface area contributed by atoms with Crippen LogP contribution in [-0.4, -0.2) is 86.5 Å². The Morgan fingerprint density at radius 2 is 1.64 bits per heavy atom. The molecule has 7 nitrogen and oxygen atoms in total. The number of carbonyl (C=O) groups excluding carboxylic acids is 1. The fraction of sp³-hybridized carbons (Fsp3) is 0.882. The molecule has 0 aromatic heterocycles. The molecule has 0 unspecified atom stereocenters. The summed E-state index contributed by atoms with van der Waals surface area (Å²) in [6.07, 6.45) is -4.52. The molecule has 0 aliphatic carbocycles. The van der Waals surface area contributed by atoms with E-state index in [2.05, 4.69) is 20.5 Å². The Balaban J connectivity index is 0.00000729. The standard InChI is InChI=1S/C17H32F3N5O2.HI/c1-16(2,3)27-15(26)25-12-10-24(11-13-25)9-5-7-22-14(21-4)23-8-6-17(18,19)20;/h5-13H2,1-4H3,(H2,21,22,23);1H. The Hall–Kier alpha value is -0.980. The molecule has 1 aliphatic heterocycles. The number of ether oxygens (including phenoxy) is 1. The van der Waals surface area contributed by atoms with Gasteiger partial charge in [-0.05, 0) is 33.7 Å². The molecule has 0 saturated carbocycles. The molecule has 0 bridgehead atoms. The molecule has 0 aromatic carbocycles. The number of alkyl halides is 3. The van der Waals surface area contributed by atoms with Crippen molar-refractivity contribution in [1.29, 1.82) is 0 Å². The van der Waals surface area contributed by atoms with Gasteiger partial charge in [0.25, 0.3) is 0 Å². The first-order valence-electron chi connectivity index (χ1n) is 9.22. The van der Waals surface area contributed by atoms with Gasteiger partial charge >= 0.3 is 12.3 Å². The highest BCUT2D eigenvalue weighted by Gasteiger charge is 2.27. The van der Waals surface area contributed by atoms with E-state index in [0.29, 0.717) is 25.6 Å². The fourth-order valence-electron chi connectivity index (χ4n) is 2.53. The number of guanidine groups is 1. The lowest BCUT2D eigenvalue weighted by Crippen LogP contribution is -2.50. The monoisotopic (exact) mass is 523 g/mol. The van der Waals surface area contributed by atoms with Crippen LogP contribution in [0.3, 0.4) is 0 Å². The van der Waals surface area contributed by atoms with Crippen LogP contribution in [0.1, 0.15) is 33.6 Å². The summed E-state index contributed by atoms with van der Waals surface area (Å²) >= 11 is 0. The Bertz CT molecular complexity index is 490. The van der Waals surface area contributed by atoms with E-state index in [-0.39, 0.29) is 36.6 Å². The van der Waals surface area contributed by atoms with Gasteiger partial charge in [-0.25, -0.2) is 4.79 Å². The highest BCUT2D eigenvalue weighted by atomic mass is 127. The molecule has 1 saturated heterocycles. The summed E-state index contributed by atoms with van der Waals surface area (Å²) in [7, 11) is 1.53. The summed E-state index contributed by atoms with van der Waals surface area (Å²) in [5, 5.41) is 5.66. The van der Waals surface area contributed by atoms with Gasteiger partial charge in [0.1, 0.15) is 5.60 Å². The van der Waals surface area contributed by atoms with E-state index in [1.54, 1.807) is 4.90 Å². The van der Waals surface area contributed by atoms with E-state index in [4.69, 9.17) is 4.74 Å². The number of rotatable bonds is 6. The summed E-state index contributed by atoms with van der Waals surface area (Å²) in [4.78, 5) is 19.9. The number of nitrogens with one attached hydrogen (secondary N) is 2. The largest absolute Gasteiger partial charge is 0.444 e. The van der Waals surface area contributed by atoms with Gasteiger partial charge in [0.2, 0.25) is 0 Å². The van der Waals surface area contributed by atoms with Gasteiger partial charge in [0.15, 0.2) is 5.96 Å². The van der Waals surface area contributed by atoms with Crippen LogP contribution in [0.15, 0.2) is 4.99 Å². The fourth-order valence-corrected chi connectivity index (χ4v) is 2.53. The number of hydrogen-bond acceptors (Lipinski definition) is 4. The molecule has 0 spiro atoms. The lowest BCUT2D eigenvalue weighted by molar-refractivity contribution is -0.132. The third kappa shape index (κ3) is 12.5. The van der Waals surface area contributed by atoms with Crippen molar-refractivity contribution in [1.82, 2.24) is 20.4 Å². The number of carbonyl (C=O) groups is 1. The van der Waals surface area contributed by atoms with Crippen LogP contribution in [0.5, 0.6) is 0 Å². The number of aliphatic imine (C=N–C) groups is 1. The van der Waals surface area contributed by atoms with E-state index in [0.717, 1.165) is 26.1 Å². The maximum Gasteiger partial charge on any atom is 0.410 e. The van der Waals surface area contributed by atoms with Crippen molar-refractivity contribution in [2.45, 2.75) is 45.4 Å². The molecule has 1 amide bonds. The molecule has 2 N–H and O–H groups in total. The van der Waals surface area contributed by atoms with Crippen LogP contribution >= 0.6 is 24.0 Å². The summed E-state index contributed by atoms with van der Waals surface area (Å²) in [6.45, 7) is 9.60. The smallest absolute Gasteiger partial charge is 0.410 e. The van der Waals surface area contributed by atoms with Gasteiger partial charge in [-0.1, -0.05) is 0 Å². The zero-order valence-corrected chi connectivity index (χ0v) is 19.4. The van der Waals surface area contributed by atoms with Crippen molar-refractivity contribution in [3.8, 4) is 0 Å². The molecular formula is C17H33F3IN5O2. The second-order valence-electron chi connectivity index (χ2n) is 7.45. The van der Waals surface area contributed by atoms with Crippen molar-refractivity contribution < 1.29 is 22.7 Å². The zero-order valence-electron chi connectivity index (χ0n) is 17.1. The van der Waals surface area contributed by atoms with Crippen molar-refractivity contribution in [3.63, 3.8) is 0 Å². The van der Waals surface area contributed by atoms with Crippen molar-refractivity contribution in [2.75, 3.05) is 52.9 Å². The SMILES string of the molecule is CN=C(NCCCN1CCN(C(=O)OC(C)(C)C)CC1)NCCC(F)(F)F.I. The molecule has 0 aromatic rings. The summed E-state index contributed by atoms with van der Waals surface area (Å²) < 4.78 is 41.8. The summed E-state index contributed by atoms with van der Waals surface area (Å²) in [6, 6.07) is 0. The van der Waals surface area contributed by atoms with Gasteiger partial charge in [0.05, 0.1) is 6.42 Å². The Labute approximate surface area is 182 Å². The van der Waals surface area contributed by atoms with E-state index < -0.39 is 18.2 Å². The van der Waals surface area contributed by atoms with Crippen molar-refractivity contribution in [3.05, 3.63) is 0 Å². The second-order valence-corrected chi connectivity index (χ2v) is 7.45. The predicted molar refractivity (Wildman–Crippen MR) is 114 cm³/mol. The lowest BCUT2D eigenvalue weighted by atomic mass is 10.2. The Morgan fingerprint density at radius 3 is 2.14 bits per heavy atom. The summed E-state index contributed by atoms with van der Waals surface area (Å²) in [5.41, 5.74) is -0.493. The van der Waals surface area contributed by atoms with Crippen LogP contribution in [0.2, 0.25) is 0 Å². The molecule has 1 aliphatic rings. The third-order valence-corrected chi connectivity index (χ3v) is 3.89. The maximum absolute atomic E-state index is 12.1. The van der Waals surface area contributed by atoms with Gasteiger partial charge in [-0.15, -0.1) is 24.0 Å². The number of piperazine rings is 1. The molecule has 1 rings (SSSR count). The molecule has 11 heteroatoms. The van der Waals surface area contributed by atoms with Crippen LogP contribution in [0, 0.1) is 0 Å². The molecule has 1 fully saturated rings. The highest BCUT2D eigenvalue weighted by molar-refractivity contribution is 14.0. The Morgan fingerprint density at radius 1 is 1.07 bits per heavy atom. The summed E-state index contributed by atoms with van der Waals surface area (Å²) in [5.74, 6) is 0.369. The number of halogens is 4. The highest BCUT2D eigenvalue weighted by Crippen LogP contribution is 2.18. The van der Waals surface area contributed by atoms with Gasteiger partial charge in [0, 0.05) is 46.3 Å². The molecule has 28 heavy (non-hydrogen) atoms. The van der Waals surface area contributed by atoms with Crippen LogP contribution < -0.4 is 10.6 Å². The topological polar surface area (TPSA) is 69.2 Å². The average molecular weight is 523 g/mol. The van der Waals surface area contributed by atoms with Crippen molar-refractivity contribution >= 4 is 36.0 Å². The number of nitrogens with zero attached hydrogens (tertiary/aromatic N) is 3. The van der Waals surface area contributed by atoms with E-state index in [1.165, 1.54) is 7.05 Å². The molecule has 0 radical (unpaired) electrons. The minimum atomic E-state index is -4.17. The Kier molecular flexibility index (Phi) is 12.1. The first-order valence-corrected chi connectivity index (χ1v) is 9.22. The number of hydrogen-bond donors (Lipinski definition) is 2. The minimum absolute atomic E-state index is 0. The van der Waals surface area contributed by atoms with Crippen LogP contribution in [0.25, 0.3) is 0 Å². The van der Waals surface area contributed by atoms with Gasteiger partial charge in [-0.3, -0.25) is 9.89 Å². The van der Waals surface area contributed by atoms with Crippen LogP contribution in [-0.2, 0) is 4.74 Å². The molecule has 0 atom stereocenters.